The van der Waals surface area contributed by atoms with Crippen LogP contribution in [0.3, 0.4) is 0 Å². The number of aliphatic hydroxyl groups excluding tert-OH is 1. The Morgan fingerprint density at radius 3 is 2.45 bits per heavy atom. The van der Waals surface area contributed by atoms with Gasteiger partial charge in [0.15, 0.2) is 0 Å². The lowest BCUT2D eigenvalue weighted by Gasteiger charge is -2.36. The molecule has 0 saturated carbocycles. The van der Waals surface area contributed by atoms with E-state index in [4.69, 9.17) is 14.2 Å². The summed E-state index contributed by atoms with van der Waals surface area (Å²) in [6.07, 6.45) is 2.34. The van der Waals surface area contributed by atoms with Gasteiger partial charge >= 0.3 is 6.03 Å². The van der Waals surface area contributed by atoms with Gasteiger partial charge in [0, 0.05) is 43.5 Å². The number of hydrogen-bond donors (Lipinski definition) is 3. The van der Waals surface area contributed by atoms with E-state index in [0.29, 0.717) is 48.1 Å². The minimum atomic E-state index is -0.458. The number of rotatable bonds is 9. The molecule has 47 heavy (non-hydrogen) atoms. The van der Waals surface area contributed by atoms with Crippen molar-refractivity contribution in [1.82, 2.24) is 9.80 Å². The van der Waals surface area contributed by atoms with E-state index in [1.165, 1.54) is 5.56 Å². The van der Waals surface area contributed by atoms with E-state index in [-0.39, 0.29) is 30.6 Å². The van der Waals surface area contributed by atoms with Crippen LogP contribution in [0.5, 0.6) is 11.5 Å². The molecule has 1 heterocycles. The molecular formula is C37H50N4O6. The molecule has 3 amide bonds. The van der Waals surface area contributed by atoms with Gasteiger partial charge in [-0.2, -0.15) is 0 Å². The summed E-state index contributed by atoms with van der Waals surface area (Å²) >= 11 is 0. The fraction of sp³-hybridized carbons (Fsp3) is 0.459. The largest absolute Gasteiger partial charge is 0.497 e. The SMILES string of the molecule is COc1ccc(NC(=O)Nc2ccc3c(c2)C(=O)N([C@@H](C)CO)C[C@@H](C)[C@H](CN(C)Cc2ccccc2)OCCCC[C@H](C)O3)cc1. The zero-order valence-electron chi connectivity index (χ0n) is 28.3. The maximum atomic E-state index is 14.4. The Labute approximate surface area is 279 Å². The number of nitrogens with zero attached hydrogens (tertiary/aromatic N) is 2. The molecular weight excluding hydrogens is 596 g/mol. The smallest absolute Gasteiger partial charge is 0.323 e. The second kappa shape index (κ2) is 17.7. The number of nitrogens with one attached hydrogen (secondary N) is 2. The molecule has 0 spiro atoms. The Bertz CT molecular complexity index is 1420. The summed E-state index contributed by atoms with van der Waals surface area (Å²) in [4.78, 5) is 31.2. The molecule has 3 aromatic rings. The van der Waals surface area contributed by atoms with Gasteiger partial charge < -0.3 is 34.9 Å². The topological polar surface area (TPSA) is 113 Å². The maximum absolute atomic E-state index is 14.4. The fourth-order valence-corrected chi connectivity index (χ4v) is 5.70. The van der Waals surface area contributed by atoms with Crippen LogP contribution < -0.4 is 20.1 Å². The van der Waals surface area contributed by atoms with Crippen molar-refractivity contribution >= 4 is 23.3 Å². The molecule has 3 N–H and O–H groups in total. The van der Waals surface area contributed by atoms with Crippen molar-refractivity contribution in [2.75, 3.05) is 51.1 Å². The Kier molecular flexibility index (Phi) is 13.5. The Hall–Kier alpha value is -4.12. The van der Waals surface area contributed by atoms with Crippen LogP contribution in [-0.4, -0.2) is 85.6 Å². The maximum Gasteiger partial charge on any atom is 0.323 e. The number of urea groups is 1. The number of amides is 3. The third-order valence-electron chi connectivity index (χ3n) is 8.44. The number of ether oxygens (including phenoxy) is 3. The van der Waals surface area contributed by atoms with Crippen molar-refractivity contribution in [3.63, 3.8) is 0 Å². The van der Waals surface area contributed by atoms with Crippen molar-refractivity contribution in [1.29, 1.82) is 0 Å². The summed E-state index contributed by atoms with van der Waals surface area (Å²) in [7, 11) is 3.67. The first-order chi connectivity index (χ1) is 22.7. The molecule has 1 aliphatic heterocycles. The lowest BCUT2D eigenvalue weighted by Crippen LogP contribution is -2.47. The monoisotopic (exact) mass is 646 g/mol. The highest BCUT2D eigenvalue weighted by molar-refractivity contribution is 6.02. The number of likely N-dealkylation sites (N-methyl/N-ethyl adjacent to an activating group) is 1. The lowest BCUT2D eigenvalue weighted by molar-refractivity contribution is -0.0177. The van der Waals surface area contributed by atoms with E-state index in [1.54, 1.807) is 54.5 Å². The van der Waals surface area contributed by atoms with Gasteiger partial charge in [-0.05, 0) is 88.2 Å². The summed E-state index contributed by atoms with van der Waals surface area (Å²) in [5.74, 6) is 0.809. The average Bonchev–Trinajstić information content (AvgIpc) is 3.06. The van der Waals surface area contributed by atoms with Crippen LogP contribution in [0.25, 0.3) is 0 Å². The second-order valence-corrected chi connectivity index (χ2v) is 12.5. The van der Waals surface area contributed by atoms with E-state index in [9.17, 15) is 14.7 Å². The second-order valence-electron chi connectivity index (χ2n) is 12.5. The van der Waals surface area contributed by atoms with Crippen molar-refractivity contribution in [2.24, 2.45) is 5.92 Å². The number of fused-ring (bicyclic) bond motifs is 1. The van der Waals surface area contributed by atoms with E-state index in [0.717, 1.165) is 25.8 Å². The first-order valence-corrected chi connectivity index (χ1v) is 16.5. The lowest BCUT2D eigenvalue weighted by atomic mass is 10.0. The molecule has 0 fully saturated rings. The molecule has 0 unspecified atom stereocenters. The van der Waals surface area contributed by atoms with Crippen LogP contribution in [0.1, 0.15) is 56.0 Å². The van der Waals surface area contributed by atoms with Gasteiger partial charge in [-0.1, -0.05) is 37.3 Å². The number of hydrogen-bond acceptors (Lipinski definition) is 7. The Morgan fingerprint density at radius 2 is 1.74 bits per heavy atom. The molecule has 1 aliphatic rings. The third-order valence-corrected chi connectivity index (χ3v) is 8.44. The summed E-state index contributed by atoms with van der Waals surface area (Å²) < 4.78 is 18.0. The predicted octanol–water partition coefficient (Wildman–Crippen LogP) is 6.27. The van der Waals surface area contributed by atoms with Crippen LogP contribution >= 0.6 is 0 Å². The molecule has 0 aliphatic carbocycles. The van der Waals surface area contributed by atoms with Crippen LogP contribution in [0.2, 0.25) is 0 Å². The van der Waals surface area contributed by atoms with E-state index < -0.39 is 12.1 Å². The van der Waals surface area contributed by atoms with Crippen molar-refractivity contribution < 1.29 is 28.9 Å². The highest BCUT2D eigenvalue weighted by Gasteiger charge is 2.30. The fourth-order valence-electron chi connectivity index (χ4n) is 5.70. The van der Waals surface area contributed by atoms with Gasteiger partial charge in [0.25, 0.3) is 5.91 Å². The van der Waals surface area contributed by atoms with Crippen LogP contribution in [-0.2, 0) is 11.3 Å². The minimum Gasteiger partial charge on any atom is -0.497 e. The molecule has 254 valence electrons. The summed E-state index contributed by atoms with van der Waals surface area (Å²) in [6, 6.07) is 21.5. The summed E-state index contributed by atoms with van der Waals surface area (Å²) in [5.41, 5.74) is 2.58. The van der Waals surface area contributed by atoms with Crippen molar-refractivity contribution in [2.45, 2.75) is 64.8 Å². The minimum absolute atomic E-state index is 0.0333. The van der Waals surface area contributed by atoms with E-state index in [1.807, 2.05) is 32.0 Å². The molecule has 0 aromatic heterocycles. The van der Waals surface area contributed by atoms with Crippen LogP contribution in [0.4, 0.5) is 16.2 Å². The van der Waals surface area contributed by atoms with Gasteiger partial charge in [-0.3, -0.25) is 9.69 Å². The molecule has 0 bridgehead atoms. The first kappa shape index (κ1) is 35.7. The first-order valence-electron chi connectivity index (χ1n) is 16.5. The highest BCUT2D eigenvalue weighted by Crippen LogP contribution is 2.29. The van der Waals surface area contributed by atoms with Gasteiger partial charge in [0.05, 0.1) is 37.5 Å². The molecule has 10 heteroatoms. The van der Waals surface area contributed by atoms with Gasteiger partial charge in [0.1, 0.15) is 11.5 Å². The Morgan fingerprint density at radius 1 is 1.04 bits per heavy atom. The van der Waals surface area contributed by atoms with E-state index >= 15 is 0 Å². The van der Waals surface area contributed by atoms with Gasteiger partial charge in [-0.25, -0.2) is 4.79 Å². The number of carbonyl (C=O) groups excluding carboxylic acids is 2. The van der Waals surface area contributed by atoms with Crippen LogP contribution in [0.15, 0.2) is 72.8 Å². The van der Waals surface area contributed by atoms with E-state index in [2.05, 4.69) is 41.6 Å². The highest BCUT2D eigenvalue weighted by atomic mass is 16.5. The summed E-state index contributed by atoms with van der Waals surface area (Å²) in [5, 5.41) is 15.9. The molecule has 0 saturated heterocycles. The number of methoxy groups -OCH3 is 1. The number of aliphatic hydroxyl groups is 1. The average molecular weight is 647 g/mol. The molecule has 4 atom stereocenters. The Balaban J connectivity index is 1.57. The van der Waals surface area contributed by atoms with Crippen molar-refractivity contribution in [3.8, 4) is 11.5 Å². The number of carbonyl (C=O) groups is 2. The third kappa shape index (κ3) is 10.7. The van der Waals surface area contributed by atoms with Gasteiger partial charge in [-0.15, -0.1) is 0 Å². The van der Waals surface area contributed by atoms with Crippen LogP contribution in [0, 0.1) is 5.92 Å². The molecule has 0 radical (unpaired) electrons. The molecule has 4 rings (SSSR count). The molecule has 10 nitrogen and oxygen atoms in total. The zero-order valence-corrected chi connectivity index (χ0v) is 28.3. The van der Waals surface area contributed by atoms with Crippen molar-refractivity contribution in [3.05, 3.63) is 83.9 Å². The van der Waals surface area contributed by atoms with Gasteiger partial charge in [0.2, 0.25) is 0 Å². The summed E-state index contributed by atoms with van der Waals surface area (Å²) in [6.45, 7) is 8.19. The zero-order chi connectivity index (χ0) is 33.8. The predicted molar refractivity (Wildman–Crippen MR) is 185 cm³/mol. The molecule has 3 aromatic carbocycles. The standard InChI is InChI=1S/C37H50N4O6/c1-26-22-41(27(2)25-42)36(43)33-21-31(39-37(44)38-30-14-17-32(45-5)18-15-30)16-19-34(33)47-28(3)11-9-10-20-46-35(26)24-40(4)23-29-12-7-6-8-13-29/h6-8,12-19,21,26-28,35,42H,9-11,20,22-25H2,1-5H3,(H2,38,39,44)/t26-,27+,28+,35+/m1/s1. The number of anilines is 2. The normalized spacial score (nSPS) is 20.0. The quantitative estimate of drug-likeness (QED) is 0.251. The number of benzene rings is 3.